The highest BCUT2D eigenvalue weighted by molar-refractivity contribution is 9.10. The van der Waals surface area contributed by atoms with Crippen LogP contribution in [0.15, 0.2) is 40.9 Å². The number of benzene rings is 2. The molecule has 2 aromatic carbocycles. The van der Waals surface area contributed by atoms with Gasteiger partial charge in [0.05, 0.1) is 12.8 Å². The minimum atomic E-state index is -0.292. The highest BCUT2D eigenvalue weighted by Crippen LogP contribution is 2.28. The molecule has 2 rings (SSSR count). The molecule has 0 saturated heterocycles. The molecule has 2 aromatic rings. The Morgan fingerprint density at radius 3 is 2.63 bits per heavy atom. The van der Waals surface area contributed by atoms with E-state index in [9.17, 15) is 4.39 Å². The number of halogens is 2. The molecule has 0 amide bonds. The Kier molecular flexibility index (Phi) is 4.27. The lowest BCUT2D eigenvalue weighted by Gasteiger charge is -2.11. The van der Waals surface area contributed by atoms with Crippen molar-refractivity contribution in [2.24, 2.45) is 0 Å². The van der Waals surface area contributed by atoms with Gasteiger partial charge in [0.15, 0.2) is 0 Å². The van der Waals surface area contributed by atoms with Crippen molar-refractivity contribution in [3.8, 4) is 11.5 Å². The van der Waals surface area contributed by atoms with Gasteiger partial charge in [-0.2, -0.15) is 0 Å². The summed E-state index contributed by atoms with van der Waals surface area (Å²) in [5, 5.41) is 0. The number of hydrogen-bond donors (Lipinski definition) is 1. The molecule has 0 heterocycles. The minimum Gasteiger partial charge on any atom is -0.497 e. The van der Waals surface area contributed by atoms with Crippen LogP contribution >= 0.6 is 15.9 Å². The zero-order chi connectivity index (χ0) is 13.8. The molecule has 0 aliphatic rings. The Hall–Kier alpha value is -1.75. The van der Waals surface area contributed by atoms with Crippen LogP contribution in [0.5, 0.6) is 11.5 Å². The van der Waals surface area contributed by atoms with E-state index in [4.69, 9.17) is 15.2 Å². The highest BCUT2D eigenvalue weighted by atomic mass is 79.9. The van der Waals surface area contributed by atoms with Gasteiger partial charge in [0.2, 0.25) is 0 Å². The summed E-state index contributed by atoms with van der Waals surface area (Å²) in [6, 6.07) is 9.65. The van der Waals surface area contributed by atoms with Crippen LogP contribution in [0.1, 0.15) is 5.56 Å². The van der Waals surface area contributed by atoms with Gasteiger partial charge in [-0.25, -0.2) is 4.39 Å². The molecule has 2 N–H and O–H groups in total. The normalized spacial score (nSPS) is 10.3. The Morgan fingerprint density at radius 1 is 1.21 bits per heavy atom. The van der Waals surface area contributed by atoms with Gasteiger partial charge >= 0.3 is 0 Å². The lowest BCUT2D eigenvalue weighted by atomic mass is 10.2. The van der Waals surface area contributed by atoms with Crippen LogP contribution in [0.2, 0.25) is 0 Å². The zero-order valence-corrected chi connectivity index (χ0v) is 11.9. The van der Waals surface area contributed by atoms with Gasteiger partial charge in [-0.05, 0) is 24.3 Å². The first-order valence-electron chi connectivity index (χ1n) is 5.60. The molecule has 0 aliphatic heterocycles. The SMILES string of the molecule is COc1ccc(OCc2ccc(F)cc2Br)c(N)c1. The van der Waals surface area contributed by atoms with Crippen LogP contribution in [-0.2, 0) is 6.61 Å². The molecule has 0 aromatic heterocycles. The van der Waals surface area contributed by atoms with E-state index in [2.05, 4.69) is 15.9 Å². The molecule has 0 fully saturated rings. The molecule has 0 spiro atoms. The van der Waals surface area contributed by atoms with E-state index in [0.717, 1.165) is 5.56 Å². The van der Waals surface area contributed by atoms with Gasteiger partial charge in [-0.1, -0.05) is 22.0 Å². The number of methoxy groups -OCH3 is 1. The third kappa shape index (κ3) is 3.38. The molecule has 19 heavy (non-hydrogen) atoms. The number of nitrogens with two attached hydrogens (primary N) is 1. The van der Waals surface area contributed by atoms with E-state index in [-0.39, 0.29) is 5.82 Å². The van der Waals surface area contributed by atoms with E-state index < -0.39 is 0 Å². The minimum absolute atomic E-state index is 0.292. The Balaban J connectivity index is 2.10. The maximum absolute atomic E-state index is 13.0. The summed E-state index contributed by atoms with van der Waals surface area (Å²) >= 11 is 3.29. The van der Waals surface area contributed by atoms with Gasteiger partial charge in [-0.3, -0.25) is 0 Å². The molecule has 0 aliphatic carbocycles. The second kappa shape index (κ2) is 5.93. The predicted molar refractivity (Wildman–Crippen MR) is 75.8 cm³/mol. The molecule has 0 unspecified atom stereocenters. The largest absolute Gasteiger partial charge is 0.497 e. The standard InChI is InChI=1S/C14H13BrFNO2/c1-18-11-4-5-14(13(17)7-11)19-8-9-2-3-10(16)6-12(9)15/h2-7H,8,17H2,1H3. The van der Waals surface area contributed by atoms with Crippen molar-refractivity contribution < 1.29 is 13.9 Å². The first-order valence-corrected chi connectivity index (χ1v) is 6.39. The van der Waals surface area contributed by atoms with Crippen LogP contribution in [0.4, 0.5) is 10.1 Å². The third-order valence-corrected chi connectivity index (χ3v) is 3.35. The summed E-state index contributed by atoms with van der Waals surface area (Å²) in [7, 11) is 1.57. The highest BCUT2D eigenvalue weighted by Gasteiger charge is 2.05. The first kappa shape index (κ1) is 13.7. The van der Waals surface area contributed by atoms with E-state index in [1.807, 2.05) is 0 Å². The smallest absolute Gasteiger partial charge is 0.142 e. The van der Waals surface area contributed by atoms with Crippen molar-refractivity contribution in [2.75, 3.05) is 12.8 Å². The zero-order valence-electron chi connectivity index (χ0n) is 10.3. The fraction of sp³-hybridized carbons (Fsp3) is 0.143. The van der Waals surface area contributed by atoms with Gasteiger partial charge in [0.25, 0.3) is 0 Å². The fourth-order valence-electron chi connectivity index (χ4n) is 1.58. The second-order valence-corrected chi connectivity index (χ2v) is 4.78. The van der Waals surface area contributed by atoms with Crippen LogP contribution in [-0.4, -0.2) is 7.11 Å². The summed E-state index contributed by atoms with van der Waals surface area (Å²) in [6.45, 7) is 0.303. The van der Waals surface area contributed by atoms with Crippen molar-refractivity contribution in [2.45, 2.75) is 6.61 Å². The molecule has 0 atom stereocenters. The van der Waals surface area contributed by atoms with E-state index in [0.29, 0.717) is 28.3 Å². The quantitative estimate of drug-likeness (QED) is 0.870. The summed E-state index contributed by atoms with van der Waals surface area (Å²) in [6.07, 6.45) is 0. The summed E-state index contributed by atoms with van der Waals surface area (Å²) in [5.74, 6) is 0.949. The summed E-state index contributed by atoms with van der Waals surface area (Å²) in [5.41, 5.74) is 7.19. The van der Waals surface area contributed by atoms with Crippen LogP contribution < -0.4 is 15.2 Å². The van der Waals surface area contributed by atoms with E-state index in [1.54, 1.807) is 31.4 Å². The van der Waals surface area contributed by atoms with Crippen molar-refractivity contribution in [1.82, 2.24) is 0 Å². The van der Waals surface area contributed by atoms with Gasteiger partial charge in [0.1, 0.15) is 23.9 Å². The average molecular weight is 326 g/mol. The van der Waals surface area contributed by atoms with Gasteiger partial charge in [-0.15, -0.1) is 0 Å². The van der Waals surface area contributed by atoms with Gasteiger partial charge in [0, 0.05) is 16.1 Å². The predicted octanol–water partition coefficient (Wildman–Crippen LogP) is 3.76. The number of ether oxygens (including phenoxy) is 2. The maximum Gasteiger partial charge on any atom is 0.142 e. The Labute approximate surface area is 119 Å². The van der Waals surface area contributed by atoms with Crippen LogP contribution in [0, 0.1) is 5.82 Å². The van der Waals surface area contributed by atoms with E-state index in [1.165, 1.54) is 12.1 Å². The monoisotopic (exact) mass is 325 g/mol. The number of hydrogen-bond acceptors (Lipinski definition) is 3. The molecular weight excluding hydrogens is 313 g/mol. The summed E-state index contributed by atoms with van der Waals surface area (Å²) in [4.78, 5) is 0. The lowest BCUT2D eigenvalue weighted by Crippen LogP contribution is -2.00. The number of rotatable bonds is 4. The topological polar surface area (TPSA) is 44.5 Å². The third-order valence-electron chi connectivity index (χ3n) is 2.62. The molecule has 0 saturated carbocycles. The Morgan fingerprint density at radius 2 is 2.00 bits per heavy atom. The summed E-state index contributed by atoms with van der Waals surface area (Å²) < 4.78 is 24.3. The lowest BCUT2D eigenvalue weighted by molar-refractivity contribution is 0.306. The number of anilines is 1. The second-order valence-electron chi connectivity index (χ2n) is 3.93. The Bertz CT molecular complexity index is 590. The molecule has 5 heteroatoms. The van der Waals surface area contributed by atoms with Crippen molar-refractivity contribution in [1.29, 1.82) is 0 Å². The van der Waals surface area contributed by atoms with E-state index >= 15 is 0 Å². The molecular formula is C14H13BrFNO2. The molecule has 0 bridgehead atoms. The molecule has 0 radical (unpaired) electrons. The average Bonchev–Trinajstić information content (AvgIpc) is 2.39. The fourth-order valence-corrected chi connectivity index (χ4v) is 2.04. The van der Waals surface area contributed by atoms with Crippen molar-refractivity contribution in [3.05, 3.63) is 52.3 Å². The first-order chi connectivity index (χ1) is 9.10. The van der Waals surface area contributed by atoms with Crippen LogP contribution in [0.3, 0.4) is 0 Å². The van der Waals surface area contributed by atoms with Crippen molar-refractivity contribution in [3.63, 3.8) is 0 Å². The van der Waals surface area contributed by atoms with Crippen LogP contribution in [0.25, 0.3) is 0 Å². The maximum atomic E-state index is 13.0. The van der Waals surface area contributed by atoms with Gasteiger partial charge < -0.3 is 15.2 Å². The number of nitrogen functional groups attached to an aromatic ring is 1. The van der Waals surface area contributed by atoms with Crippen molar-refractivity contribution >= 4 is 21.6 Å². The molecule has 3 nitrogen and oxygen atoms in total. The molecule has 100 valence electrons.